The highest BCUT2D eigenvalue weighted by atomic mass is 16.6. The lowest BCUT2D eigenvalue weighted by Gasteiger charge is -2.05. The molecule has 0 spiro atoms. The number of nitro groups is 1. The van der Waals surface area contributed by atoms with Crippen molar-refractivity contribution in [2.75, 3.05) is 0 Å². The predicted molar refractivity (Wildman–Crippen MR) is 63.8 cm³/mol. The Morgan fingerprint density at radius 1 is 1.37 bits per heavy atom. The number of phenolic OH excluding ortho intramolecular Hbond substituents is 1. The molecule has 2 rings (SSSR count). The van der Waals surface area contributed by atoms with Gasteiger partial charge in [-0.05, 0) is 12.1 Å². The predicted octanol–water partition coefficient (Wildman–Crippen LogP) is 2.36. The fourth-order valence-electron chi connectivity index (χ4n) is 1.33. The van der Waals surface area contributed by atoms with Crippen LogP contribution in [0.1, 0.15) is 5.56 Å². The lowest BCUT2D eigenvalue weighted by molar-refractivity contribution is -0.385. The monoisotopic (exact) mass is 257 g/mol. The lowest BCUT2D eigenvalue weighted by Crippen LogP contribution is -1.91. The first-order valence-electron chi connectivity index (χ1n) is 5.11. The van der Waals surface area contributed by atoms with Crippen LogP contribution in [0.25, 0.3) is 0 Å². The zero-order valence-corrected chi connectivity index (χ0v) is 9.48. The molecule has 94 valence electrons. The summed E-state index contributed by atoms with van der Waals surface area (Å²) in [5, 5.41) is 28.6. The van der Waals surface area contributed by atoms with E-state index in [9.17, 15) is 15.2 Å². The summed E-state index contributed by atoms with van der Waals surface area (Å²) in [5.41, 5.74) is -0.0148. The summed E-state index contributed by atoms with van der Waals surface area (Å²) in [5.74, 6) is 0.217. The molecule has 7 nitrogen and oxygen atoms in total. The van der Waals surface area contributed by atoms with Crippen molar-refractivity contribution >= 4 is 5.69 Å². The van der Waals surface area contributed by atoms with Crippen LogP contribution in [-0.2, 0) is 0 Å². The minimum atomic E-state index is -0.565. The van der Waals surface area contributed by atoms with Crippen LogP contribution < -0.4 is 4.74 Å². The van der Waals surface area contributed by atoms with Crippen LogP contribution in [0.15, 0.2) is 36.5 Å². The van der Waals surface area contributed by atoms with E-state index in [4.69, 9.17) is 10.00 Å². The lowest BCUT2D eigenvalue weighted by atomic mass is 10.2. The van der Waals surface area contributed by atoms with Crippen molar-refractivity contribution in [2.45, 2.75) is 0 Å². The van der Waals surface area contributed by atoms with Crippen LogP contribution in [0, 0.1) is 21.4 Å². The van der Waals surface area contributed by atoms with Gasteiger partial charge in [-0.25, -0.2) is 4.98 Å². The van der Waals surface area contributed by atoms with E-state index in [0.29, 0.717) is 0 Å². The van der Waals surface area contributed by atoms with Gasteiger partial charge >= 0.3 is 0 Å². The van der Waals surface area contributed by atoms with Gasteiger partial charge in [-0.15, -0.1) is 0 Å². The Morgan fingerprint density at radius 3 is 2.68 bits per heavy atom. The second-order valence-corrected chi connectivity index (χ2v) is 3.50. The van der Waals surface area contributed by atoms with E-state index in [1.165, 1.54) is 30.3 Å². The average Bonchev–Trinajstić information content (AvgIpc) is 2.39. The van der Waals surface area contributed by atoms with Crippen molar-refractivity contribution in [3.8, 4) is 23.4 Å². The molecule has 0 fully saturated rings. The molecule has 0 saturated carbocycles. The first-order valence-corrected chi connectivity index (χ1v) is 5.11. The van der Waals surface area contributed by atoms with E-state index >= 15 is 0 Å². The largest absolute Gasteiger partial charge is 0.506 e. The highest BCUT2D eigenvalue weighted by molar-refractivity contribution is 5.47. The maximum atomic E-state index is 10.4. The number of nitrogens with zero attached hydrogens (tertiary/aromatic N) is 3. The van der Waals surface area contributed by atoms with Gasteiger partial charge in [0.15, 0.2) is 0 Å². The molecular weight excluding hydrogens is 250 g/mol. The number of nitriles is 1. The van der Waals surface area contributed by atoms with Crippen LogP contribution in [0.2, 0.25) is 0 Å². The summed E-state index contributed by atoms with van der Waals surface area (Å²) >= 11 is 0. The molecule has 7 heteroatoms. The Balaban J connectivity index is 2.19. The van der Waals surface area contributed by atoms with Crippen molar-refractivity contribution in [1.82, 2.24) is 4.98 Å². The van der Waals surface area contributed by atoms with Gasteiger partial charge in [0.05, 0.1) is 10.5 Å². The molecule has 0 aliphatic carbocycles. The third kappa shape index (κ3) is 2.76. The number of hydrogen-bond acceptors (Lipinski definition) is 6. The second kappa shape index (κ2) is 5.01. The van der Waals surface area contributed by atoms with Gasteiger partial charge in [-0.2, -0.15) is 5.26 Å². The molecule has 0 aliphatic rings. The molecule has 0 amide bonds. The fourth-order valence-corrected chi connectivity index (χ4v) is 1.33. The quantitative estimate of drug-likeness (QED) is 0.667. The number of rotatable bonds is 3. The number of pyridine rings is 1. The van der Waals surface area contributed by atoms with Crippen molar-refractivity contribution in [1.29, 1.82) is 5.26 Å². The number of phenols is 1. The first kappa shape index (κ1) is 12.3. The Kier molecular flexibility index (Phi) is 3.25. The van der Waals surface area contributed by atoms with E-state index in [-0.39, 0.29) is 28.6 Å². The van der Waals surface area contributed by atoms with Gasteiger partial charge in [0.1, 0.15) is 23.8 Å². The standard InChI is InChI=1S/C12H7N3O4/c13-6-8-1-3-10(5-11(8)16)19-12-4-2-9(7-14-12)15(17)18/h1-5,7,16H. The molecule has 0 radical (unpaired) electrons. The Bertz CT molecular complexity index is 662. The van der Waals surface area contributed by atoms with Gasteiger partial charge in [-0.1, -0.05) is 0 Å². The van der Waals surface area contributed by atoms with Gasteiger partial charge < -0.3 is 9.84 Å². The summed E-state index contributed by atoms with van der Waals surface area (Å²) in [4.78, 5) is 13.6. The number of aromatic hydroxyl groups is 1. The van der Waals surface area contributed by atoms with Crippen LogP contribution in [-0.4, -0.2) is 15.0 Å². The summed E-state index contributed by atoms with van der Waals surface area (Å²) in [6, 6.07) is 8.56. The number of benzene rings is 1. The molecule has 0 bridgehead atoms. The van der Waals surface area contributed by atoms with Crippen molar-refractivity contribution < 1.29 is 14.8 Å². The average molecular weight is 257 g/mol. The number of ether oxygens (including phenoxy) is 1. The van der Waals surface area contributed by atoms with E-state index in [1.54, 1.807) is 0 Å². The smallest absolute Gasteiger partial charge is 0.287 e. The molecule has 1 aromatic carbocycles. The Hall–Kier alpha value is -3.14. The third-order valence-electron chi connectivity index (χ3n) is 2.24. The van der Waals surface area contributed by atoms with Gasteiger partial charge in [0.25, 0.3) is 5.69 Å². The molecule has 1 heterocycles. The number of hydrogen-bond donors (Lipinski definition) is 1. The van der Waals surface area contributed by atoms with E-state index in [0.717, 1.165) is 6.20 Å². The summed E-state index contributed by atoms with van der Waals surface area (Å²) in [7, 11) is 0. The van der Waals surface area contributed by atoms with E-state index in [2.05, 4.69) is 4.98 Å². The van der Waals surface area contributed by atoms with Crippen molar-refractivity contribution in [3.63, 3.8) is 0 Å². The summed E-state index contributed by atoms with van der Waals surface area (Å²) in [6.07, 6.45) is 1.07. The third-order valence-corrected chi connectivity index (χ3v) is 2.24. The van der Waals surface area contributed by atoms with Crippen LogP contribution >= 0.6 is 0 Å². The zero-order chi connectivity index (χ0) is 13.8. The Labute approximate surface area is 107 Å². The van der Waals surface area contributed by atoms with E-state index < -0.39 is 4.92 Å². The maximum absolute atomic E-state index is 10.4. The molecule has 0 atom stereocenters. The van der Waals surface area contributed by atoms with Gasteiger partial charge in [0, 0.05) is 18.2 Å². The molecule has 19 heavy (non-hydrogen) atoms. The number of aromatic nitrogens is 1. The van der Waals surface area contributed by atoms with E-state index in [1.807, 2.05) is 6.07 Å². The zero-order valence-electron chi connectivity index (χ0n) is 9.48. The molecule has 0 unspecified atom stereocenters. The minimum Gasteiger partial charge on any atom is -0.506 e. The molecule has 2 aromatic rings. The van der Waals surface area contributed by atoms with Gasteiger partial charge in [-0.3, -0.25) is 10.1 Å². The molecule has 1 aromatic heterocycles. The fraction of sp³-hybridized carbons (Fsp3) is 0. The minimum absolute atomic E-state index is 0.129. The topological polar surface area (TPSA) is 109 Å². The molecular formula is C12H7N3O4. The SMILES string of the molecule is N#Cc1ccc(Oc2ccc([N+](=O)[O-])cn2)cc1O. The molecule has 0 saturated heterocycles. The molecule has 0 aliphatic heterocycles. The maximum Gasteiger partial charge on any atom is 0.287 e. The summed E-state index contributed by atoms with van der Waals surface area (Å²) < 4.78 is 5.29. The first-order chi connectivity index (χ1) is 9.10. The summed E-state index contributed by atoms with van der Waals surface area (Å²) in [6.45, 7) is 0. The van der Waals surface area contributed by atoms with Crippen LogP contribution in [0.3, 0.4) is 0 Å². The molecule has 1 N–H and O–H groups in total. The van der Waals surface area contributed by atoms with Gasteiger partial charge in [0.2, 0.25) is 5.88 Å². The van der Waals surface area contributed by atoms with Crippen molar-refractivity contribution in [2.24, 2.45) is 0 Å². The van der Waals surface area contributed by atoms with Crippen LogP contribution in [0.4, 0.5) is 5.69 Å². The highest BCUT2D eigenvalue weighted by Gasteiger charge is 2.07. The van der Waals surface area contributed by atoms with Crippen LogP contribution in [0.5, 0.6) is 17.4 Å². The normalized spacial score (nSPS) is 9.63. The second-order valence-electron chi connectivity index (χ2n) is 3.50. The van der Waals surface area contributed by atoms with Crippen molar-refractivity contribution in [3.05, 3.63) is 52.2 Å². The Morgan fingerprint density at radius 2 is 2.16 bits per heavy atom. The highest BCUT2D eigenvalue weighted by Crippen LogP contribution is 2.26.